The maximum Gasteiger partial charge on any atom is 0.251 e. The van der Waals surface area contributed by atoms with Crippen molar-refractivity contribution in [1.29, 1.82) is 5.26 Å². The van der Waals surface area contributed by atoms with E-state index < -0.39 is 17.8 Å². The summed E-state index contributed by atoms with van der Waals surface area (Å²) in [6.07, 6.45) is 6.50. The number of carbonyl (C=O) groups is 1. The highest BCUT2D eigenvalue weighted by Crippen LogP contribution is 2.34. The van der Waals surface area contributed by atoms with Gasteiger partial charge < -0.3 is 0 Å². The number of benzene rings is 2. The van der Waals surface area contributed by atoms with Gasteiger partial charge in [-0.25, -0.2) is 13.8 Å². The van der Waals surface area contributed by atoms with Gasteiger partial charge in [0.1, 0.15) is 11.6 Å². The first-order valence-electron chi connectivity index (χ1n) is 10.3. The number of nitriles is 1. The molecule has 0 N–H and O–H groups in total. The van der Waals surface area contributed by atoms with Crippen molar-refractivity contribution in [3.8, 4) is 6.07 Å². The molecule has 2 heterocycles. The van der Waals surface area contributed by atoms with Crippen LogP contribution in [0.4, 0.5) is 8.78 Å². The van der Waals surface area contributed by atoms with Gasteiger partial charge in [-0.05, 0) is 60.4 Å². The predicted molar refractivity (Wildman–Crippen MR) is 117 cm³/mol. The van der Waals surface area contributed by atoms with Crippen LogP contribution in [-0.2, 0) is 4.79 Å². The van der Waals surface area contributed by atoms with Gasteiger partial charge in [0.05, 0.1) is 29.5 Å². The Morgan fingerprint density at radius 2 is 1.84 bits per heavy atom. The largest absolute Gasteiger partial charge is 0.272 e. The number of allylic oxidation sites excluding steroid dienone is 3. The summed E-state index contributed by atoms with van der Waals surface area (Å²) in [5, 5.41) is 15.0. The van der Waals surface area contributed by atoms with Crippen molar-refractivity contribution in [1.82, 2.24) is 5.01 Å². The zero-order chi connectivity index (χ0) is 22.2. The van der Waals surface area contributed by atoms with E-state index in [2.05, 4.69) is 11.2 Å². The van der Waals surface area contributed by atoms with Crippen LogP contribution in [0.15, 0.2) is 70.8 Å². The highest BCUT2D eigenvalue weighted by Gasteiger charge is 2.33. The Balaban J connectivity index is 1.61. The molecule has 32 heavy (non-hydrogen) atoms. The lowest BCUT2D eigenvalue weighted by Crippen LogP contribution is -2.41. The molecular formula is C25H18F2N4O. The Kier molecular flexibility index (Phi) is 4.98. The number of fused-ring (bicyclic) bond motifs is 1. The summed E-state index contributed by atoms with van der Waals surface area (Å²) in [6.45, 7) is 0. The van der Waals surface area contributed by atoms with Crippen LogP contribution in [0.2, 0.25) is 0 Å². The number of amides is 1. The molecule has 0 radical (unpaired) electrons. The van der Waals surface area contributed by atoms with E-state index in [0.29, 0.717) is 16.8 Å². The number of hydrogen-bond acceptors (Lipinski definition) is 4. The van der Waals surface area contributed by atoms with Crippen molar-refractivity contribution in [3.05, 3.63) is 89.0 Å². The summed E-state index contributed by atoms with van der Waals surface area (Å²) in [6, 6.07) is 12.4. The molecule has 1 unspecified atom stereocenters. The second-order valence-corrected chi connectivity index (χ2v) is 7.97. The second kappa shape index (κ2) is 7.97. The van der Waals surface area contributed by atoms with E-state index in [0.717, 1.165) is 30.2 Å². The molecule has 158 valence electrons. The van der Waals surface area contributed by atoms with Crippen molar-refractivity contribution in [3.63, 3.8) is 0 Å². The first kappa shape index (κ1) is 20.0. The lowest BCUT2D eigenvalue weighted by Gasteiger charge is -2.30. The summed E-state index contributed by atoms with van der Waals surface area (Å²) in [5.74, 6) is -1.29. The number of nitrogens with zero attached hydrogens (tertiary/aromatic N) is 4. The van der Waals surface area contributed by atoms with E-state index in [4.69, 9.17) is 10.3 Å². The zero-order valence-electron chi connectivity index (χ0n) is 17.0. The average Bonchev–Trinajstić information content (AvgIpc) is 3.60. The molecule has 1 fully saturated rings. The van der Waals surface area contributed by atoms with E-state index in [1.54, 1.807) is 42.5 Å². The maximum atomic E-state index is 14.6. The third kappa shape index (κ3) is 3.87. The number of rotatable bonds is 3. The van der Waals surface area contributed by atoms with Crippen molar-refractivity contribution >= 4 is 22.9 Å². The molecule has 0 bridgehead atoms. The summed E-state index contributed by atoms with van der Waals surface area (Å²) in [7, 11) is 0. The van der Waals surface area contributed by atoms with E-state index in [1.165, 1.54) is 17.1 Å². The molecule has 3 aliphatic rings. The fourth-order valence-electron chi connectivity index (χ4n) is 3.82. The van der Waals surface area contributed by atoms with Gasteiger partial charge >= 0.3 is 0 Å². The molecule has 1 saturated carbocycles. The van der Waals surface area contributed by atoms with Crippen LogP contribution >= 0.6 is 0 Å². The fourth-order valence-corrected chi connectivity index (χ4v) is 3.82. The maximum absolute atomic E-state index is 14.6. The first-order chi connectivity index (χ1) is 15.5. The number of hydrazone groups is 1. The standard InChI is InChI=1S/C25H18F2N4O/c26-19-8-9-20(21(27)12-19)18-7-10-22(16-5-6-16)30-31-24(11-18)29-23(13-25(31)32)17-3-1-15(14-28)2-4-17/h1-4,7-12,16,24H,5-6,13H2. The van der Waals surface area contributed by atoms with Crippen molar-refractivity contribution < 1.29 is 13.6 Å². The minimum absolute atomic E-state index is 0.0711. The smallest absolute Gasteiger partial charge is 0.251 e. The van der Waals surface area contributed by atoms with Crippen LogP contribution in [0.25, 0.3) is 5.57 Å². The molecule has 0 aromatic heterocycles. The number of carbonyl (C=O) groups excluding carboxylic acids is 1. The first-order valence-corrected chi connectivity index (χ1v) is 10.3. The van der Waals surface area contributed by atoms with E-state index in [-0.39, 0.29) is 23.8 Å². The van der Waals surface area contributed by atoms with Gasteiger partial charge in [0.15, 0.2) is 6.17 Å². The topological polar surface area (TPSA) is 68.8 Å². The van der Waals surface area contributed by atoms with E-state index in [1.807, 2.05) is 0 Å². The van der Waals surface area contributed by atoms with Gasteiger partial charge in [-0.3, -0.25) is 9.79 Å². The molecule has 0 spiro atoms. The van der Waals surface area contributed by atoms with Crippen LogP contribution in [0, 0.1) is 28.9 Å². The normalized spacial score (nSPS) is 20.4. The molecule has 5 rings (SSSR count). The van der Waals surface area contributed by atoms with E-state index >= 15 is 0 Å². The Morgan fingerprint density at radius 3 is 2.53 bits per heavy atom. The Bertz CT molecular complexity index is 1260. The third-order valence-corrected chi connectivity index (χ3v) is 5.68. The molecule has 2 aliphatic heterocycles. The second-order valence-electron chi connectivity index (χ2n) is 7.97. The highest BCUT2D eigenvalue weighted by molar-refractivity contribution is 6.12. The summed E-state index contributed by atoms with van der Waals surface area (Å²) in [4.78, 5) is 17.8. The average molecular weight is 428 g/mol. The molecule has 2 aromatic carbocycles. The zero-order valence-corrected chi connectivity index (χ0v) is 17.0. The van der Waals surface area contributed by atoms with Gasteiger partial charge in [-0.2, -0.15) is 10.4 Å². The minimum atomic E-state index is -0.764. The molecule has 0 saturated heterocycles. The molecule has 5 nitrogen and oxygen atoms in total. The Hall–Kier alpha value is -3.92. The van der Waals surface area contributed by atoms with Gasteiger partial charge in [0, 0.05) is 17.5 Å². The molecule has 2 aromatic rings. The number of halogens is 2. The van der Waals surface area contributed by atoms with Crippen LogP contribution in [0.5, 0.6) is 0 Å². The summed E-state index contributed by atoms with van der Waals surface area (Å²) in [5.41, 5.74) is 3.32. The van der Waals surface area contributed by atoms with Crippen LogP contribution in [0.1, 0.15) is 36.0 Å². The van der Waals surface area contributed by atoms with Crippen LogP contribution in [-0.4, -0.2) is 28.5 Å². The monoisotopic (exact) mass is 428 g/mol. The quantitative estimate of drug-likeness (QED) is 0.717. The van der Waals surface area contributed by atoms with E-state index in [9.17, 15) is 13.6 Å². The molecule has 1 aliphatic carbocycles. The van der Waals surface area contributed by atoms with Crippen LogP contribution in [0.3, 0.4) is 0 Å². The molecule has 7 heteroatoms. The van der Waals surface area contributed by atoms with Gasteiger partial charge in [0.2, 0.25) is 0 Å². The minimum Gasteiger partial charge on any atom is -0.272 e. The summed E-state index contributed by atoms with van der Waals surface area (Å²) < 4.78 is 28.0. The van der Waals surface area contributed by atoms with Crippen molar-refractivity contribution in [2.45, 2.75) is 25.4 Å². The predicted octanol–water partition coefficient (Wildman–Crippen LogP) is 4.60. The van der Waals surface area contributed by atoms with Gasteiger partial charge in [-0.1, -0.05) is 18.2 Å². The third-order valence-electron chi connectivity index (χ3n) is 5.68. The SMILES string of the molecule is N#Cc1ccc(C2=NC3C=C(c4ccc(F)cc4F)C=CC(C4CC4)=NN3C(=O)C2)cc1. The number of aliphatic imine (C=N–C) groups is 1. The molecule has 1 atom stereocenters. The Morgan fingerprint density at radius 1 is 1.06 bits per heavy atom. The van der Waals surface area contributed by atoms with Crippen LogP contribution < -0.4 is 0 Å². The lowest BCUT2D eigenvalue weighted by atomic mass is 9.99. The fraction of sp³-hybridized carbons (Fsp3) is 0.200. The molecule has 1 amide bonds. The van der Waals surface area contributed by atoms with Gasteiger partial charge in [-0.15, -0.1) is 0 Å². The van der Waals surface area contributed by atoms with Crippen molar-refractivity contribution in [2.75, 3.05) is 0 Å². The molecular weight excluding hydrogens is 410 g/mol. The highest BCUT2D eigenvalue weighted by atomic mass is 19.1. The Labute approximate surface area is 183 Å². The van der Waals surface area contributed by atoms with Gasteiger partial charge in [0.25, 0.3) is 5.91 Å². The van der Waals surface area contributed by atoms with Crippen molar-refractivity contribution in [2.24, 2.45) is 16.0 Å². The number of hydrogen-bond donors (Lipinski definition) is 0. The summed E-state index contributed by atoms with van der Waals surface area (Å²) >= 11 is 0. The lowest BCUT2D eigenvalue weighted by molar-refractivity contribution is -0.131.